The molecule has 1 aliphatic rings. The molecule has 0 bridgehead atoms. The minimum atomic E-state index is -0.909. The molecule has 0 aromatic heterocycles. The average Bonchev–Trinajstić information content (AvgIpc) is 2.23. The average molecular weight is 354 g/mol. The Hall–Kier alpha value is -1.03. The van der Waals surface area contributed by atoms with Gasteiger partial charge in [0.05, 0.1) is 5.56 Å². The van der Waals surface area contributed by atoms with Gasteiger partial charge in [0.2, 0.25) is 0 Å². The Labute approximate surface area is 135 Å². The zero-order valence-electron chi connectivity index (χ0n) is 13.2. The molecule has 1 aliphatic carbocycles. The second kappa shape index (κ2) is 5.64. The molecule has 0 radical (unpaired) electrons. The van der Waals surface area contributed by atoms with Crippen molar-refractivity contribution in [3.05, 3.63) is 28.2 Å². The maximum absolute atomic E-state index is 11.0. The number of hydrogen-bond donors (Lipinski definition) is 2. The lowest BCUT2D eigenvalue weighted by molar-refractivity contribution is 0.0696. The van der Waals surface area contributed by atoms with Crippen molar-refractivity contribution in [2.24, 2.45) is 10.8 Å². The first kappa shape index (κ1) is 16.3. The summed E-state index contributed by atoms with van der Waals surface area (Å²) >= 11 is 3.34. The zero-order chi connectivity index (χ0) is 15.8. The number of carbonyl (C=O) groups is 1. The molecule has 1 fully saturated rings. The van der Waals surface area contributed by atoms with E-state index < -0.39 is 5.97 Å². The van der Waals surface area contributed by atoms with E-state index in [1.54, 1.807) is 6.07 Å². The van der Waals surface area contributed by atoms with E-state index in [9.17, 15) is 4.79 Å². The fourth-order valence-electron chi connectivity index (χ4n) is 3.96. The number of hydrogen-bond acceptors (Lipinski definition) is 2. The summed E-state index contributed by atoms with van der Waals surface area (Å²) in [5.41, 5.74) is 1.94. The number of benzene rings is 1. The minimum Gasteiger partial charge on any atom is -0.478 e. The van der Waals surface area contributed by atoms with Crippen molar-refractivity contribution in [3.8, 4) is 0 Å². The Kier molecular flexibility index (Phi) is 4.39. The number of carboxylic acids is 1. The van der Waals surface area contributed by atoms with E-state index >= 15 is 0 Å². The Morgan fingerprint density at radius 2 is 1.81 bits per heavy atom. The summed E-state index contributed by atoms with van der Waals surface area (Å²) < 4.78 is 0.620. The SMILES string of the molecule is CC1(C)CC(Nc2ccc(C(=O)O)c(Br)c2)CC(C)(C)C1. The monoisotopic (exact) mass is 353 g/mol. The highest BCUT2D eigenvalue weighted by Gasteiger charge is 2.38. The maximum Gasteiger partial charge on any atom is 0.336 e. The maximum atomic E-state index is 11.0. The van der Waals surface area contributed by atoms with E-state index in [1.807, 2.05) is 12.1 Å². The van der Waals surface area contributed by atoms with Gasteiger partial charge in [-0.3, -0.25) is 0 Å². The zero-order valence-corrected chi connectivity index (χ0v) is 14.8. The molecule has 0 spiro atoms. The van der Waals surface area contributed by atoms with Gasteiger partial charge in [0.1, 0.15) is 0 Å². The lowest BCUT2D eigenvalue weighted by Crippen LogP contribution is -2.40. The predicted octanol–water partition coefficient (Wildman–Crippen LogP) is 5.16. The Morgan fingerprint density at radius 1 is 1.24 bits per heavy atom. The molecule has 3 nitrogen and oxygen atoms in total. The lowest BCUT2D eigenvalue weighted by atomic mass is 9.63. The van der Waals surface area contributed by atoms with Crippen molar-refractivity contribution in [2.75, 3.05) is 5.32 Å². The molecule has 4 heteroatoms. The van der Waals surface area contributed by atoms with E-state index in [0.717, 1.165) is 18.5 Å². The summed E-state index contributed by atoms with van der Waals surface area (Å²) in [4.78, 5) is 11.0. The number of carboxylic acid groups (broad SMARTS) is 1. The molecule has 0 unspecified atom stereocenters. The van der Waals surface area contributed by atoms with Crippen LogP contribution in [0.25, 0.3) is 0 Å². The fraction of sp³-hybridized carbons (Fsp3) is 0.588. The smallest absolute Gasteiger partial charge is 0.336 e. The van der Waals surface area contributed by atoms with Crippen molar-refractivity contribution in [1.82, 2.24) is 0 Å². The molecular weight excluding hydrogens is 330 g/mol. The van der Waals surface area contributed by atoms with Crippen LogP contribution in [-0.4, -0.2) is 17.1 Å². The predicted molar refractivity (Wildman–Crippen MR) is 89.9 cm³/mol. The standard InChI is InChI=1S/C17H24BrNO2/c1-16(2)8-12(9-17(3,4)10-16)19-11-5-6-13(15(20)21)14(18)7-11/h5-7,12,19H,8-10H2,1-4H3,(H,20,21). The van der Waals surface area contributed by atoms with Gasteiger partial charge >= 0.3 is 5.97 Å². The summed E-state index contributed by atoms with van der Waals surface area (Å²) in [6.45, 7) is 9.30. The first-order valence-corrected chi connectivity index (χ1v) is 8.17. The quantitative estimate of drug-likeness (QED) is 0.788. The highest BCUT2D eigenvalue weighted by atomic mass is 79.9. The molecule has 2 rings (SSSR count). The van der Waals surface area contributed by atoms with Crippen LogP contribution in [0.4, 0.5) is 5.69 Å². The molecule has 0 atom stereocenters. The third-order valence-electron chi connectivity index (χ3n) is 4.13. The number of aromatic carboxylic acids is 1. The minimum absolute atomic E-state index is 0.296. The molecule has 0 saturated heterocycles. The van der Waals surface area contributed by atoms with Crippen LogP contribution in [0.5, 0.6) is 0 Å². The summed E-state index contributed by atoms with van der Waals surface area (Å²) in [6, 6.07) is 5.78. The van der Waals surface area contributed by atoms with Crippen LogP contribution in [0.1, 0.15) is 57.3 Å². The number of anilines is 1. The Bertz CT molecular complexity index is 536. The van der Waals surface area contributed by atoms with Gasteiger partial charge in [-0.2, -0.15) is 0 Å². The number of rotatable bonds is 3. The topological polar surface area (TPSA) is 49.3 Å². The highest BCUT2D eigenvalue weighted by molar-refractivity contribution is 9.10. The largest absolute Gasteiger partial charge is 0.478 e. The Balaban J connectivity index is 2.14. The second-order valence-corrected chi connectivity index (χ2v) is 8.61. The molecule has 0 amide bonds. The van der Waals surface area contributed by atoms with Crippen LogP contribution >= 0.6 is 15.9 Å². The molecular formula is C17H24BrNO2. The van der Waals surface area contributed by atoms with Crippen molar-refractivity contribution >= 4 is 27.6 Å². The van der Waals surface area contributed by atoms with Crippen molar-refractivity contribution in [3.63, 3.8) is 0 Å². The van der Waals surface area contributed by atoms with Crippen molar-refractivity contribution < 1.29 is 9.90 Å². The molecule has 1 aromatic carbocycles. The van der Waals surface area contributed by atoms with Gasteiger partial charge in [0, 0.05) is 16.2 Å². The van der Waals surface area contributed by atoms with E-state index in [-0.39, 0.29) is 0 Å². The van der Waals surface area contributed by atoms with Crippen LogP contribution < -0.4 is 5.32 Å². The third kappa shape index (κ3) is 4.22. The highest BCUT2D eigenvalue weighted by Crippen LogP contribution is 2.46. The fourth-order valence-corrected chi connectivity index (χ4v) is 4.51. The van der Waals surface area contributed by atoms with Crippen LogP contribution in [0.2, 0.25) is 0 Å². The van der Waals surface area contributed by atoms with Gasteiger partial charge in [-0.15, -0.1) is 0 Å². The summed E-state index contributed by atoms with van der Waals surface area (Å²) in [5, 5.41) is 12.6. The van der Waals surface area contributed by atoms with E-state index in [1.165, 1.54) is 6.42 Å². The summed E-state index contributed by atoms with van der Waals surface area (Å²) in [5.74, 6) is -0.909. The van der Waals surface area contributed by atoms with Crippen molar-refractivity contribution in [2.45, 2.75) is 53.0 Å². The van der Waals surface area contributed by atoms with E-state index in [2.05, 4.69) is 48.9 Å². The molecule has 21 heavy (non-hydrogen) atoms. The van der Waals surface area contributed by atoms with E-state index in [0.29, 0.717) is 26.9 Å². The van der Waals surface area contributed by atoms with Gasteiger partial charge < -0.3 is 10.4 Å². The van der Waals surface area contributed by atoms with Gasteiger partial charge in [0.15, 0.2) is 0 Å². The van der Waals surface area contributed by atoms with Gasteiger partial charge in [0.25, 0.3) is 0 Å². The summed E-state index contributed by atoms with van der Waals surface area (Å²) in [7, 11) is 0. The second-order valence-electron chi connectivity index (χ2n) is 7.75. The van der Waals surface area contributed by atoms with Crippen LogP contribution in [0, 0.1) is 10.8 Å². The van der Waals surface area contributed by atoms with Crippen LogP contribution in [0.15, 0.2) is 22.7 Å². The summed E-state index contributed by atoms with van der Waals surface area (Å²) in [6.07, 6.45) is 3.50. The lowest BCUT2D eigenvalue weighted by Gasteiger charge is -2.45. The molecule has 0 heterocycles. The van der Waals surface area contributed by atoms with Gasteiger partial charge in [-0.25, -0.2) is 4.79 Å². The van der Waals surface area contributed by atoms with Crippen LogP contribution in [-0.2, 0) is 0 Å². The van der Waals surface area contributed by atoms with Gasteiger partial charge in [-0.1, -0.05) is 27.7 Å². The normalized spacial score (nSPS) is 21.0. The number of halogens is 1. The molecule has 1 aromatic rings. The van der Waals surface area contributed by atoms with Gasteiger partial charge in [-0.05, 0) is 64.2 Å². The van der Waals surface area contributed by atoms with E-state index in [4.69, 9.17) is 5.11 Å². The molecule has 2 N–H and O–H groups in total. The molecule has 0 aliphatic heterocycles. The third-order valence-corrected chi connectivity index (χ3v) is 4.78. The molecule has 1 saturated carbocycles. The first-order chi connectivity index (χ1) is 9.58. The Morgan fingerprint density at radius 3 is 2.29 bits per heavy atom. The van der Waals surface area contributed by atoms with Crippen molar-refractivity contribution in [1.29, 1.82) is 0 Å². The number of nitrogens with one attached hydrogen (secondary N) is 1. The van der Waals surface area contributed by atoms with Crippen LogP contribution in [0.3, 0.4) is 0 Å². The first-order valence-electron chi connectivity index (χ1n) is 7.37. The molecule has 116 valence electrons.